The molecular weight excluding hydrogens is 342 g/mol. The number of amides is 1. The van der Waals surface area contributed by atoms with E-state index < -0.39 is 6.04 Å². The predicted octanol–water partition coefficient (Wildman–Crippen LogP) is 1.80. The van der Waals surface area contributed by atoms with Crippen molar-refractivity contribution in [1.82, 2.24) is 24.5 Å². The van der Waals surface area contributed by atoms with E-state index in [0.717, 1.165) is 15.9 Å². The van der Waals surface area contributed by atoms with Gasteiger partial charge in [0, 0.05) is 12.4 Å². The lowest BCUT2D eigenvalue weighted by molar-refractivity contribution is -0.122. The molecule has 134 valence electrons. The van der Waals surface area contributed by atoms with E-state index in [2.05, 4.69) is 15.4 Å². The third kappa shape index (κ3) is 3.48. The van der Waals surface area contributed by atoms with Gasteiger partial charge in [0.1, 0.15) is 6.54 Å². The number of rotatable bonds is 5. The topological polar surface area (TPSA) is 81.3 Å². The largest absolute Gasteiger partial charge is 0.350 e. The molecule has 1 aromatic carbocycles. The van der Waals surface area contributed by atoms with Gasteiger partial charge in [-0.2, -0.15) is 0 Å². The van der Waals surface area contributed by atoms with Crippen molar-refractivity contribution in [3.63, 3.8) is 0 Å². The second kappa shape index (κ2) is 7.25. The van der Waals surface area contributed by atoms with Crippen LogP contribution in [0.5, 0.6) is 0 Å². The molecule has 0 saturated heterocycles. The third-order valence-corrected chi connectivity index (χ3v) is 4.20. The third-order valence-electron chi connectivity index (χ3n) is 4.20. The van der Waals surface area contributed by atoms with Crippen LogP contribution >= 0.6 is 0 Å². The van der Waals surface area contributed by atoms with Crippen LogP contribution in [-0.2, 0) is 11.3 Å². The van der Waals surface area contributed by atoms with Crippen molar-refractivity contribution in [3.8, 4) is 0 Å². The molecule has 0 radical (unpaired) electrons. The molecule has 0 bridgehead atoms. The average Bonchev–Trinajstić information content (AvgIpc) is 3.03. The van der Waals surface area contributed by atoms with Crippen molar-refractivity contribution in [3.05, 3.63) is 101 Å². The van der Waals surface area contributed by atoms with E-state index in [-0.39, 0.29) is 18.1 Å². The highest BCUT2D eigenvalue weighted by Crippen LogP contribution is 2.19. The molecule has 0 fully saturated rings. The number of nitrogens with zero attached hydrogens (tertiary/aromatic N) is 4. The Labute approximate surface area is 154 Å². The van der Waals surface area contributed by atoms with Gasteiger partial charge in [0.15, 0.2) is 5.65 Å². The molecule has 7 nitrogen and oxygen atoms in total. The first-order valence-corrected chi connectivity index (χ1v) is 8.52. The van der Waals surface area contributed by atoms with Gasteiger partial charge in [0.05, 0.1) is 11.7 Å². The maximum Gasteiger partial charge on any atom is 0.350 e. The summed E-state index contributed by atoms with van der Waals surface area (Å²) in [5.41, 5.74) is 1.78. The van der Waals surface area contributed by atoms with E-state index >= 15 is 0 Å². The van der Waals surface area contributed by atoms with Crippen LogP contribution < -0.4 is 11.0 Å². The zero-order valence-electron chi connectivity index (χ0n) is 14.4. The van der Waals surface area contributed by atoms with E-state index in [9.17, 15) is 9.59 Å². The van der Waals surface area contributed by atoms with Gasteiger partial charge in [0.2, 0.25) is 5.91 Å². The second-order valence-corrected chi connectivity index (χ2v) is 6.03. The molecule has 1 atom stereocenters. The molecule has 0 saturated carbocycles. The summed E-state index contributed by atoms with van der Waals surface area (Å²) in [6, 6.07) is 20.0. The summed E-state index contributed by atoms with van der Waals surface area (Å²) in [6.07, 6.45) is 3.31. The maximum atomic E-state index is 12.7. The normalized spacial score (nSPS) is 12.0. The van der Waals surface area contributed by atoms with Gasteiger partial charge in [0.25, 0.3) is 0 Å². The average molecular weight is 359 g/mol. The van der Waals surface area contributed by atoms with Crippen LogP contribution in [0.4, 0.5) is 0 Å². The first-order chi connectivity index (χ1) is 13.2. The number of pyridine rings is 2. The fourth-order valence-corrected chi connectivity index (χ4v) is 2.93. The Balaban J connectivity index is 1.60. The molecule has 0 aliphatic rings. The highest BCUT2D eigenvalue weighted by molar-refractivity contribution is 5.76. The molecular formula is C20H17N5O2. The van der Waals surface area contributed by atoms with Gasteiger partial charge < -0.3 is 5.32 Å². The number of hydrogen-bond donors (Lipinski definition) is 1. The molecule has 0 aliphatic heterocycles. The Morgan fingerprint density at radius 1 is 1.00 bits per heavy atom. The van der Waals surface area contributed by atoms with Crippen molar-refractivity contribution in [1.29, 1.82) is 0 Å². The minimum Gasteiger partial charge on any atom is -0.342 e. The van der Waals surface area contributed by atoms with E-state index in [4.69, 9.17) is 0 Å². The zero-order valence-corrected chi connectivity index (χ0v) is 14.4. The SMILES string of the molecule is O=C(Cn1nc2ccccn2c1=O)NC(c1ccccc1)c1ccccn1. The molecule has 3 aromatic heterocycles. The van der Waals surface area contributed by atoms with Crippen molar-refractivity contribution in [2.24, 2.45) is 0 Å². The summed E-state index contributed by atoms with van der Waals surface area (Å²) in [5.74, 6) is -0.319. The number of fused-ring (bicyclic) bond motifs is 1. The minimum atomic E-state index is -0.410. The van der Waals surface area contributed by atoms with Crippen LogP contribution in [-0.4, -0.2) is 25.1 Å². The van der Waals surface area contributed by atoms with Crippen LogP contribution in [0.2, 0.25) is 0 Å². The lowest BCUT2D eigenvalue weighted by atomic mass is 10.0. The smallest absolute Gasteiger partial charge is 0.342 e. The summed E-state index contributed by atoms with van der Waals surface area (Å²) >= 11 is 0. The number of nitrogens with one attached hydrogen (secondary N) is 1. The summed E-state index contributed by atoms with van der Waals surface area (Å²) in [7, 11) is 0. The van der Waals surface area contributed by atoms with Gasteiger partial charge in [-0.1, -0.05) is 42.5 Å². The van der Waals surface area contributed by atoms with Gasteiger partial charge in [-0.25, -0.2) is 9.48 Å². The fraction of sp³-hybridized carbons (Fsp3) is 0.100. The van der Waals surface area contributed by atoms with Crippen LogP contribution in [0.3, 0.4) is 0 Å². The lowest BCUT2D eigenvalue weighted by Gasteiger charge is -2.18. The number of hydrogen-bond acceptors (Lipinski definition) is 4. The quantitative estimate of drug-likeness (QED) is 0.589. The molecule has 4 aromatic rings. The van der Waals surface area contributed by atoms with E-state index in [1.54, 1.807) is 30.6 Å². The van der Waals surface area contributed by atoms with Crippen molar-refractivity contribution in [2.75, 3.05) is 0 Å². The van der Waals surface area contributed by atoms with Crippen molar-refractivity contribution >= 4 is 11.6 Å². The minimum absolute atomic E-state index is 0.170. The first-order valence-electron chi connectivity index (χ1n) is 8.52. The number of benzene rings is 1. The van der Waals surface area contributed by atoms with Crippen molar-refractivity contribution < 1.29 is 4.79 Å². The summed E-state index contributed by atoms with van der Waals surface area (Å²) in [5, 5.41) is 7.15. The van der Waals surface area contributed by atoms with E-state index in [1.165, 1.54) is 4.40 Å². The van der Waals surface area contributed by atoms with Crippen LogP contribution in [0.1, 0.15) is 17.3 Å². The van der Waals surface area contributed by atoms with Gasteiger partial charge in [-0.15, -0.1) is 5.10 Å². The maximum absolute atomic E-state index is 12.7. The first kappa shape index (κ1) is 16.7. The summed E-state index contributed by atoms with van der Waals surface area (Å²) in [4.78, 5) is 29.4. The summed E-state index contributed by atoms with van der Waals surface area (Å²) in [6.45, 7) is -0.170. The molecule has 27 heavy (non-hydrogen) atoms. The molecule has 0 spiro atoms. The highest BCUT2D eigenvalue weighted by atomic mass is 16.2. The van der Waals surface area contributed by atoms with Gasteiger partial charge >= 0.3 is 5.69 Å². The molecule has 1 amide bonds. The van der Waals surface area contributed by atoms with Gasteiger partial charge in [-0.05, 0) is 29.8 Å². The number of carbonyl (C=O) groups is 1. The van der Waals surface area contributed by atoms with Crippen LogP contribution in [0.15, 0.2) is 83.9 Å². The lowest BCUT2D eigenvalue weighted by Crippen LogP contribution is -2.35. The number of aromatic nitrogens is 4. The Hall–Kier alpha value is -3.74. The Morgan fingerprint density at radius 3 is 2.52 bits per heavy atom. The molecule has 3 heterocycles. The van der Waals surface area contributed by atoms with Gasteiger partial charge in [-0.3, -0.25) is 14.2 Å². The highest BCUT2D eigenvalue weighted by Gasteiger charge is 2.19. The zero-order chi connectivity index (χ0) is 18.6. The molecule has 1 N–H and O–H groups in total. The molecule has 7 heteroatoms. The Bertz CT molecular complexity index is 1080. The van der Waals surface area contributed by atoms with Crippen LogP contribution in [0, 0.1) is 0 Å². The van der Waals surface area contributed by atoms with E-state index in [1.807, 2.05) is 48.5 Å². The molecule has 4 rings (SSSR count). The monoisotopic (exact) mass is 359 g/mol. The summed E-state index contributed by atoms with van der Waals surface area (Å²) < 4.78 is 2.56. The number of carbonyl (C=O) groups excluding carboxylic acids is 1. The molecule has 1 unspecified atom stereocenters. The standard InChI is InChI=1S/C20H17N5O2/c26-18(14-25-20(27)24-13-7-5-11-17(24)23-25)22-19(15-8-2-1-3-9-15)16-10-4-6-12-21-16/h1-13,19H,14H2,(H,22,26). The Kier molecular flexibility index (Phi) is 4.49. The fourth-order valence-electron chi connectivity index (χ4n) is 2.93. The second-order valence-electron chi connectivity index (χ2n) is 6.03. The van der Waals surface area contributed by atoms with Crippen molar-refractivity contribution in [2.45, 2.75) is 12.6 Å². The molecule has 0 aliphatic carbocycles. The van der Waals surface area contributed by atoms with E-state index in [0.29, 0.717) is 5.65 Å². The van der Waals surface area contributed by atoms with Crippen LogP contribution in [0.25, 0.3) is 5.65 Å². The Morgan fingerprint density at radius 2 is 1.78 bits per heavy atom. The predicted molar refractivity (Wildman–Crippen MR) is 100 cm³/mol.